The molecule has 3 rings (SSSR count). The van der Waals surface area contributed by atoms with Crippen LogP contribution >= 0.6 is 0 Å². The molecule has 9 nitrogen and oxygen atoms in total. The second-order valence-corrected chi connectivity index (χ2v) is 7.74. The highest BCUT2D eigenvalue weighted by molar-refractivity contribution is 5.84. The van der Waals surface area contributed by atoms with Crippen LogP contribution in [0.15, 0.2) is 18.2 Å². The molecule has 176 valence electrons. The molecule has 2 aliphatic heterocycles. The fourth-order valence-corrected chi connectivity index (χ4v) is 3.83. The summed E-state index contributed by atoms with van der Waals surface area (Å²) in [4.78, 5) is 38.5. The fourth-order valence-electron chi connectivity index (χ4n) is 3.83. The van der Waals surface area contributed by atoms with E-state index in [4.69, 9.17) is 9.47 Å². The number of hydrogen-bond acceptors (Lipinski definition) is 7. The summed E-state index contributed by atoms with van der Waals surface area (Å²) in [5.41, 5.74) is -1.65. The molecule has 0 bridgehead atoms. The van der Waals surface area contributed by atoms with Crippen molar-refractivity contribution < 1.29 is 37.2 Å². The third kappa shape index (κ3) is 5.47. The van der Waals surface area contributed by atoms with Crippen LogP contribution in [-0.2, 0) is 25.2 Å². The van der Waals surface area contributed by atoms with Crippen LogP contribution < -0.4 is 4.90 Å². The van der Waals surface area contributed by atoms with Crippen molar-refractivity contribution in [3.8, 4) is 0 Å². The zero-order valence-corrected chi connectivity index (χ0v) is 17.5. The van der Waals surface area contributed by atoms with Gasteiger partial charge in [0.15, 0.2) is 6.10 Å². The van der Waals surface area contributed by atoms with Gasteiger partial charge in [-0.3, -0.25) is 19.7 Å². The van der Waals surface area contributed by atoms with E-state index < -0.39 is 40.3 Å². The number of piperidine rings is 1. The number of amides is 1. The SMILES string of the molecule is CC(OC(=O)C1CCN(c2ccc(C(F)(F)F)cc2[N+](=O)[O-])CC1)C(=O)N1CCOCC1. The molecule has 1 unspecified atom stereocenters. The van der Waals surface area contributed by atoms with Gasteiger partial charge in [0.2, 0.25) is 0 Å². The van der Waals surface area contributed by atoms with Gasteiger partial charge in [0, 0.05) is 32.2 Å². The fraction of sp³-hybridized carbons (Fsp3) is 0.600. The van der Waals surface area contributed by atoms with Crippen LogP contribution in [0.1, 0.15) is 25.3 Å². The summed E-state index contributed by atoms with van der Waals surface area (Å²) in [6.07, 6.45) is -5.02. The number of carbonyl (C=O) groups is 2. The van der Waals surface area contributed by atoms with E-state index in [-0.39, 0.29) is 24.7 Å². The minimum absolute atomic E-state index is 0.0747. The zero-order valence-electron chi connectivity index (χ0n) is 17.5. The molecule has 1 amide bonds. The molecule has 1 aromatic rings. The summed E-state index contributed by atoms with van der Waals surface area (Å²) in [5.74, 6) is -1.32. The van der Waals surface area contributed by atoms with Crippen LogP contribution in [0, 0.1) is 16.0 Å². The lowest BCUT2D eigenvalue weighted by Gasteiger charge is -2.33. The molecule has 1 atom stereocenters. The number of morpholine rings is 1. The summed E-state index contributed by atoms with van der Waals surface area (Å²) in [5, 5.41) is 11.3. The molecule has 12 heteroatoms. The van der Waals surface area contributed by atoms with E-state index in [1.807, 2.05) is 0 Å². The highest BCUT2D eigenvalue weighted by Crippen LogP contribution is 2.37. The number of hydrogen-bond donors (Lipinski definition) is 0. The van der Waals surface area contributed by atoms with Gasteiger partial charge in [0.1, 0.15) is 5.69 Å². The second kappa shape index (κ2) is 9.72. The predicted octanol–water partition coefficient (Wildman–Crippen LogP) is 2.62. The Bertz CT molecular complexity index is 865. The van der Waals surface area contributed by atoms with Gasteiger partial charge in [-0.1, -0.05) is 0 Å². The van der Waals surface area contributed by atoms with E-state index in [1.165, 1.54) is 6.92 Å². The van der Waals surface area contributed by atoms with E-state index in [1.54, 1.807) is 9.80 Å². The highest BCUT2D eigenvalue weighted by atomic mass is 19.4. The molecule has 2 heterocycles. The quantitative estimate of drug-likeness (QED) is 0.379. The van der Waals surface area contributed by atoms with Crippen LogP contribution in [0.25, 0.3) is 0 Å². The van der Waals surface area contributed by atoms with Crippen molar-refractivity contribution in [1.29, 1.82) is 0 Å². The number of nitrogens with zero attached hydrogens (tertiary/aromatic N) is 3. The number of esters is 1. The minimum atomic E-state index is -4.69. The average Bonchev–Trinajstić information content (AvgIpc) is 2.78. The highest BCUT2D eigenvalue weighted by Gasteiger charge is 2.35. The first-order chi connectivity index (χ1) is 15.1. The molecule has 0 saturated carbocycles. The van der Waals surface area contributed by atoms with Gasteiger partial charge in [-0.2, -0.15) is 13.2 Å². The van der Waals surface area contributed by atoms with Crippen molar-refractivity contribution in [2.24, 2.45) is 5.92 Å². The number of rotatable bonds is 5. The summed E-state index contributed by atoms with van der Waals surface area (Å²) in [6, 6.07) is 2.42. The number of anilines is 1. The molecule has 0 spiro atoms. The Morgan fingerprint density at radius 1 is 1.19 bits per heavy atom. The van der Waals surface area contributed by atoms with E-state index >= 15 is 0 Å². The van der Waals surface area contributed by atoms with Gasteiger partial charge in [0.05, 0.1) is 29.6 Å². The molecular formula is C20H24F3N3O6. The van der Waals surface area contributed by atoms with Crippen molar-refractivity contribution >= 4 is 23.3 Å². The maximum atomic E-state index is 12.9. The lowest BCUT2D eigenvalue weighted by Crippen LogP contribution is -2.46. The molecule has 32 heavy (non-hydrogen) atoms. The minimum Gasteiger partial charge on any atom is -0.452 e. The Labute approximate surface area is 182 Å². The number of ether oxygens (including phenoxy) is 2. The van der Waals surface area contributed by atoms with E-state index in [9.17, 15) is 32.9 Å². The predicted molar refractivity (Wildman–Crippen MR) is 106 cm³/mol. The topological polar surface area (TPSA) is 102 Å². The molecule has 2 fully saturated rings. The average molecular weight is 459 g/mol. The summed E-state index contributed by atoms with van der Waals surface area (Å²) < 4.78 is 49.2. The Balaban J connectivity index is 1.59. The smallest absolute Gasteiger partial charge is 0.416 e. The molecule has 0 aliphatic carbocycles. The monoisotopic (exact) mass is 459 g/mol. The molecule has 0 N–H and O–H groups in total. The Hall–Kier alpha value is -2.89. The zero-order chi connectivity index (χ0) is 23.5. The van der Waals surface area contributed by atoms with Crippen molar-refractivity contribution in [3.05, 3.63) is 33.9 Å². The van der Waals surface area contributed by atoms with Gasteiger partial charge < -0.3 is 19.3 Å². The maximum absolute atomic E-state index is 12.9. The van der Waals surface area contributed by atoms with Gasteiger partial charge in [-0.25, -0.2) is 0 Å². The Morgan fingerprint density at radius 2 is 1.81 bits per heavy atom. The van der Waals surface area contributed by atoms with Gasteiger partial charge in [0.25, 0.3) is 11.6 Å². The number of nitro benzene ring substituents is 1. The lowest BCUT2D eigenvalue weighted by atomic mass is 9.96. The van der Waals surface area contributed by atoms with E-state index in [0.717, 1.165) is 12.1 Å². The maximum Gasteiger partial charge on any atom is 0.416 e. The second-order valence-electron chi connectivity index (χ2n) is 7.74. The normalized spacial score (nSPS) is 18.9. The van der Waals surface area contributed by atoms with Crippen molar-refractivity contribution in [2.45, 2.75) is 32.0 Å². The third-order valence-electron chi connectivity index (χ3n) is 5.63. The molecule has 0 radical (unpaired) electrons. The first-order valence-corrected chi connectivity index (χ1v) is 10.3. The van der Waals surface area contributed by atoms with Gasteiger partial charge in [-0.05, 0) is 31.9 Å². The lowest BCUT2D eigenvalue weighted by molar-refractivity contribution is -0.384. The molecule has 2 saturated heterocycles. The molecule has 0 aromatic heterocycles. The summed E-state index contributed by atoms with van der Waals surface area (Å²) in [7, 11) is 0. The van der Waals surface area contributed by atoms with E-state index in [2.05, 4.69) is 0 Å². The van der Waals surface area contributed by atoms with Crippen LogP contribution in [0.5, 0.6) is 0 Å². The number of carbonyl (C=O) groups excluding carboxylic acids is 2. The van der Waals surface area contributed by atoms with Crippen molar-refractivity contribution in [3.63, 3.8) is 0 Å². The van der Waals surface area contributed by atoms with Crippen molar-refractivity contribution in [2.75, 3.05) is 44.3 Å². The first-order valence-electron chi connectivity index (χ1n) is 10.3. The molecular weight excluding hydrogens is 435 g/mol. The van der Waals surface area contributed by atoms with E-state index in [0.29, 0.717) is 45.2 Å². The standard InChI is InChI=1S/C20H24F3N3O6/c1-13(18(27)25-8-10-31-11-9-25)32-19(28)14-4-6-24(7-5-14)16-3-2-15(20(21,22)23)12-17(16)26(29)30/h2-3,12-14H,4-11H2,1H3. The number of alkyl halides is 3. The van der Waals surface area contributed by atoms with Crippen molar-refractivity contribution in [1.82, 2.24) is 4.90 Å². The third-order valence-corrected chi connectivity index (χ3v) is 5.63. The number of halogens is 3. The summed E-state index contributed by atoms with van der Waals surface area (Å²) in [6.45, 7) is 3.71. The van der Waals surface area contributed by atoms with Crippen LogP contribution in [0.3, 0.4) is 0 Å². The summed E-state index contributed by atoms with van der Waals surface area (Å²) >= 11 is 0. The number of benzene rings is 1. The van der Waals surface area contributed by atoms with Crippen LogP contribution in [0.2, 0.25) is 0 Å². The Morgan fingerprint density at radius 3 is 2.38 bits per heavy atom. The molecule has 2 aliphatic rings. The largest absolute Gasteiger partial charge is 0.452 e. The van der Waals surface area contributed by atoms with Gasteiger partial charge in [-0.15, -0.1) is 0 Å². The van der Waals surface area contributed by atoms with Crippen LogP contribution in [-0.4, -0.2) is 67.2 Å². The van der Waals surface area contributed by atoms with Crippen LogP contribution in [0.4, 0.5) is 24.5 Å². The number of nitro groups is 1. The molecule has 1 aromatic carbocycles. The first kappa shape index (κ1) is 23.8. The van der Waals surface area contributed by atoms with Gasteiger partial charge >= 0.3 is 12.1 Å². The Kier molecular flexibility index (Phi) is 7.22.